The van der Waals surface area contributed by atoms with Crippen LogP contribution < -0.4 is 10.1 Å². The van der Waals surface area contributed by atoms with Gasteiger partial charge in [-0.1, -0.05) is 24.3 Å². The summed E-state index contributed by atoms with van der Waals surface area (Å²) in [7, 11) is 0. The molecule has 0 atom stereocenters. The summed E-state index contributed by atoms with van der Waals surface area (Å²) in [5.41, 5.74) is 3.91. The molecule has 0 aliphatic carbocycles. The number of hydrogen-bond donors (Lipinski definition) is 1. The fourth-order valence-corrected chi connectivity index (χ4v) is 2.50. The highest BCUT2D eigenvalue weighted by molar-refractivity contribution is 6.09. The molecule has 1 N–H and O–H groups in total. The van der Waals surface area contributed by atoms with Crippen LogP contribution in [-0.4, -0.2) is 12.4 Å². The van der Waals surface area contributed by atoms with Crippen molar-refractivity contribution in [3.05, 3.63) is 64.7 Å². The van der Waals surface area contributed by atoms with E-state index in [2.05, 4.69) is 5.32 Å². The Morgan fingerprint density at radius 3 is 2.75 bits per heavy atom. The second-order valence-electron chi connectivity index (χ2n) is 4.88. The zero-order chi connectivity index (χ0) is 13.9. The molecular weight excluding hydrogens is 250 g/mol. The minimum absolute atomic E-state index is 0.0428. The third kappa shape index (κ3) is 2.45. The predicted molar refractivity (Wildman–Crippen MR) is 78.0 cm³/mol. The van der Waals surface area contributed by atoms with Crippen molar-refractivity contribution in [3.8, 4) is 5.75 Å². The van der Waals surface area contributed by atoms with Gasteiger partial charge in [-0.15, -0.1) is 0 Å². The number of benzene rings is 2. The Hall–Kier alpha value is -2.13. The Balaban J connectivity index is 1.90. The zero-order valence-corrected chi connectivity index (χ0v) is 11.5. The molecular formula is C17H17NO2. The molecule has 0 fully saturated rings. The first-order valence-electron chi connectivity index (χ1n) is 6.88. The Morgan fingerprint density at radius 2 is 1.90 bits per heavy atom. The average molecular weight is 267 g/mol. The Kier molecular flexibility index (Phi) is 3.52. The summed E-state index contributed by atoms with van der Waals surface area (Å²) in [6.45, 7) is 4.27. The first kappa shape index (κ1) is 12.9. The smallest absolute Gasteiger partial charge is 0.193 e. The number of carbonyl (C=O) groups is 1. The second-order valence-corrected chi connectivity index (χ2v) is 4.88. The lowest BCUT2D eigenvalue weighted by Crippen LogP contribution is -2.03. The number of carbonyl (C=O) groups excluding carboxylic acids is 1. The molecule has 1 aliphatic rings. The van der Waals surface area contributed by atoms with Gasteiger partial charge in [0.2, 0.25) is 0 Å². The van der Waals surface area contributed by atoms with Crippen LogP contribution in [0.2, 0.25) is 0 Å². The van der Waals surface area contributed by atoms with Crippen molar-refractivity contribution >= 4 is 5.78 Å². The van der Waals surface area contributed by atoms with Crippen molar-refractivity contribution in [2.75, 3.05) is 6.61 Å². The van der Waals surface area contributed by atoms with Gasteiger partial charge in [-0.2, -0.15) is 0 Å². The minimum atomic E-state index is 0.0428. The van der Waals surface area contributed by atoms with Crippen LogP contribution in [0.1, 0.15) is 34.0 Å². The predicted octanol–water partition coefficient (Wildman–Crippen LogP) is 2.92. The minimum Gasteiger partial charge on any atom is -0.494 e. The van der Waals surface area contributed by atoms with E-state index in [1.807, 2.05) is 43.3 Å². The topological polar surface area (TPSA) is 38.3 Å². The lowest BCUT2D eigenvalue weighted by atomic mass is 9.99. The molecule has 0 amide bonds. The van der Waals surface area contributed by atoms with Gasteiger partial charge in [-0.3, -0.25) is 4.79 Å². The van der Waals surface area contributed by atoms with Crippen LogP contribution in [0.25, 0.3) is 0 Å². The molecule has 0 spiro atoms. The number of hydrogen-bond acceptors (Lipinski definition) is 3. The van der Waals surface area contributed by atoms with E-state index >= 15 is 0 Å². The molecule has 3 nitrogen and oxygen atoms in total. The lowest BCUT2D eigenvalue weighted by molar-refractivity contribution is 0.103. The molecule has 0 saturated heterocycles. The summed E-state index contributed by atoms with van der Waals surface area (Å²) in [6, 6.07) is 13.3. The lowest BCUT2D eigenvalue weighted by Gasteiger charge is -2.07. The van der Waals surface area contributed by atoms with Gasteiger partial charge in [0, 0.05) is 24.2 Å². The van der Waals surface area contributed by atoms with E-state index in [-0.39, 0.29) is 5.78 Å². The number of ketones is 1. The molecule has 2 aromatic carbocycles. The van der Waals surface area contributed by atoms with Gasteiger partial charge in [0.15, 0.2) is 5.78 Å². The maximum absolute atomic E-state index is 12.5. The molecule has 0 unspecified atom stereocenters. The molecule has 2 aromatic rings. The number of nitrogens with one attached hydrogen (secondary N) is 1. The van der Waals surface area contributed by atoms with Crippen LogP contribution in [-0.2, 0) is 13.1 Å². The van der Waals surface area contributed by atoms with Gasteiger partial charge in [0.05, 0.1) is 6.61 Å². The monoisotopic (exact) mass is 267 g/mol. The molecule has 1 heterocycles. The molecule has 20 heavy (non-hydrogen) atoms. The molecule has 0 radical (unpaired) electrons. The molecule has 0 aromatic heterocycles. The van der Waals surface area contributed by atoms with E-state index in [9.17, 15) is 4.79 Å². The number of rotatable bonds is 4. The van der Waals surface area contributed by atoms with Crippen LogP contribution in [0.4, 0.5) is 0 Å². The van der Waals surface area contributed by atoms with Crippen LogP contribution in [0.5, 0.6) is 5.75 Å². The molecule has 3 heteroatoms. The maximum atomic E-state index is 12.5. The van der Waals surface area contributed by atoms with Crippen LogP contribution in [0, 0.1) is 0 Å². The Labute approximate surface area is 118 Å². The summed E-state index contributed by atoms with van der Waals surface area (Å²) < 4.78 is 5.44. The highest BCUT2D eigenvalue weighted by Gasteiger charge is 2.15. The van der Waals surface area contributed by atoms with Crippen molar-refractivity contribution in [2.45, 2.75) is 20.0 Å². The quantitative estimate of drug-likeness (QED) is 0.866. The van der Waals surface area contributed by atoms with Gasteiger partial charge in [0.25, 0.3) is 0 Å². The fraction of sp³-hybridized carbons (Fsp3) is 0.235. The second kappa shape index (κ2) is 5.47. The molecule has 0 bridgehead atoms. The summed E-state index contributed by atoms with van der Waals surface area (Å²) in [5, 5.41) is 3.29. The molecule has 0 saturated carbocycles. The maximum Gasteiger partial charge on any atom is 0.193 e. The van der Waals surface area contributed by atoms with Crippen LogP contribution >= 0.6 is 0 Å². The summed E-state index contributed by atoms with van der Waals surface area (Å²) in [5.74, 6) is 0.780. The van der Waals surface area contributed by atoms with Gasteiger partial charge >= 0.3 is 0 Å². The van der Waals surface area contributed by atoms with E-state index in [0.717, 1.165) is 24.4 Å². The van der Waals surface area contributed by atoms with E-state index in [1.54, 1.807) is 6.07 Å². The van der Waals surface area contributed by atoms with Crippen LogP contribution in [0.15, 0.2) is 42.5 Å². The van der Waals surface area contributed by atoms with Crippen molar-refractivity contribution in [2.24, 2.45) is 0 Å². The molecule has 102 valence electrons. The van der Waals surface area contributed by atoms with E-state index in [0.29, 0.717) is 12.2 Å². The third-order valence-corrected chi connectivity index (χ3v) is 3.51. The first-order valence-corrected chi connectivity index (χ1v) is 6.88. The highest BCUT2D eigenvalue weighted by Crippen LogP contribution is 2.21. The van der Waals surface area contributed by atoms with E-state index in [1.165, 1.54) is 11.1 Å². The molecule has 1 aliphatic heterocycles. The zero-order valence-electron chi connectivity index (χ0n) is 11.5. The average Bonchev–Trinajstić information content (AvgIpc) is 2.94. The largest absolute Gasteiger partial charge is 0.494 e. The van der Waals surface area contributed by atoms with Crippen molar-refractivity contribution in [3.63, 3.8) is 0 Å². The van der Waals surface area contributed by atoms with E-state index in [4.69, 9.17) is 4.74 Å². The summed E-state index contributed by atoms with van der Waals surface area (Å²) in [4.78, 5) is 12.5. The standard InChI is InChI=1S/C17H17NO2/c1-2-20-16-5-3-4-12(9-16)17(19)13-6-7-14-10-18-11-15(14)8-13/h3-9,18H,2,10-11H2,1H3. The van der Waals surface area contributed by atoms with Gasteiger partial charge < -0.3 is 10.1 Å². The van der Waals surface area contributed by atoms with Crippen molar-refractivity contribution in [1.29, 1.82) is 0 Å². The SMILES string of the molecule is CCOc1cccc(C(=O)c2ccc3c(c2)CNC3)c1. The molecule has 3 rings (SSSR count). The Bertz CT molecular complexity index is 649. The normalized spacial score (nSPS) is 13.1. The van der Waals surface area contributed by atoms with Gasteiger partial charge in [-0.25, -0.2) is 0 Å². The Morgan fingerprint density at radius 1 is 1.10 bits per heavy atom. The number of fused-ring (bicyclic) bond motifs is 1. The van der Waals surface area contributed by atoms with Crippen molar-refractivity contribution in [1.82, 2.24) is 5.32 Å². The fourth-order valence-electron chi connectivity index (χ4n) is 2.50. The van der Waals surface area contributed by atoms with Gasteiger partial charge in [0.1, 0.15) is 5.75 Å². The third-order valence-electron chi connectivity index (χ3n) is 3.51. The van der Waals surface area contributed by atoms with E-state index < -0.39 is 0 Å². The summed E-state index contributed by atoms with van der Waals surface area (Å²) >= 11 is 0. The number of ether oxygens (including phenoxy) is 1. The first-order chi connectivity index (χ1) is 9.78. The highest BCUT2D eigenvalue weighted by atomic mass is 16.5. The van der Waals surface area contributed by atoms with Gasteiger partial charge in [-0.05, 0) is 36.2 Å². The summed E-state index contributed by atoms with van der Waals surface area (Å²) in [6.07, 6.45) is 0. The van der Waals surface area contributed by atoms with Crippen molar-refractivity contribution < 1.29 is 9.53 Å². The van der Waals surface area contributed by atoms with Crippen LogP contribution in [0.3, 0.4) is 0 Å².